The maximum Gasteiger partial charge on any atom is 0.253 e. The minimum Gasteiger partial charge on any atom is -0.338 e. The Labute approximate surface area is 127 Å². The topological polar surface area (TPSA) is 46.3 Å². The predicted octanol–water partition coefficient (Wildman–Crippen LogP) is 3.22. The minimum atomic E-state index is 0. The zero-order valence-electron chi connectivity index (χ0n) is 12.3. The van der Waals surface area contributed by atoms with Crippen molar-refractivity contribution in [1.82, 2.24) is 4.90 Å². The molecule has 1 aliphatic carbocycles. The van der Waals surface area contributed by atoms with Crippen LogP contribution >= 0.6 is 12.4 Å². The zero-order valence-corrected chi connectivity index (χ0v) is 13.2. The molecule has 4 heteroatoms. The first-order valence-corrected chi connectivity index (χ1v) is 7.19. The smallest absolute Gasteiger partial charge is 0.253 e. The van der Waals surface area contributed by atoms with E-state index in [1.807, 2.05) is 36.2 Å². The van der Waals surface area contributed by atoms with Crippen LogP contribution in [0.15, 0.2) is 24.3 Å². The van der Waals surface area contributed by atoms with E-state index in [2.05, 4.69) is 6.92 Å². The summed E-state index contributed by atoms with van der Waals surface area (Å²) in [6.45, 7) is 2.77. The highest BCUT2D eigenvalue weighted by molar-refractivity contribution is 5.94. The van der Waals surface area contributed by atoms with Crippen LogP contribution in [0.5, 0.6) is 0 Å². The molecule has 1 aromatic carbocycles. The normalized spacial score (nSPS) is 21.9. The Kier molecular flexibility index (Phi) is 6.50. The number of hydrogen-bond acceptors (Lipinski definition) is 2. The van der Waals surface area contributed by atoms with Gasteiger partial charge in [0, 0.05) is 25.2 Å². The number of hydrogen-bond donors (Lipinski definition) is 1. The van der Waals surface area contributed by atoms with Crippen LogP contribution in [0.25, 0.3) is 0 Å². The zero-order chi connectivity index (χ0) is 13.8. The molecule has 0 radical (unpaired) electrons. The van der Waals surface area contributed by atoms with Crippen LogP contribution in [0.3, 0.4) is 0 Å². The molecule has 3 nitrogen and oxygen atoms in total. The monoisotopic (exact) mass is 296 g/mol. The third-order valence-electron chi connectivity index (χ3n) is 4.32. The second-order valence-electron chi connectivity index (χ2n) is 5.65. The Bertz CT molecular complexity index is 433. The summed E-state index contributed by atoms with van der Waals surface area (Å²) < 4.78 is 0. The summed E-state index contributed by atoms with van der Waals surface area (Å²) >= 11 is 0. The fourth-order valence-corrected chi connectivity index (χ4v) is 3.01. The van der Waals surface area contributed by atoms with Gasteiger partial charge in [-0.3, -0.25) is 4.79 Å². The van der Waals surface area contributed by atoms with Crippen molar-refractivity contribution in [2.45, 2.75) is 45.2 Å². The molecule has 0 aliphatic heterocycles. The van der Waals surface area contributed by atoms with Gasteiger partial charge in [0.25, 0.3) is 5.91 Å². The van der Waals surface area contributed by atoms with Crippen LogP contribution in [0.2, 0.25) is 0 Å². The third-order valence-corrected chi connectivity index (χ3v) is 4.32. The Balaban J connectivity index is 0.00000200. The van der Waals surface area contributed by atoms with Crippen molar-refractivity contribution in [3.05, 3.63) is 35.4 Å². The van der Waals surface area contributed by atoms with Crippen molar-refractivity contribution in [3.8, 4) is 0 Å². The maximum atomic E-state index is 12.5. The Morgan fingerprint density at radius 3 is 2.40 bits per heavy atom. The van der Waals surface area contributed by atoms with Gasteiger partial charge in [-0.1, -0.05) is 31.9 Å². The number of carbonyl (C=O) groups excluding carboxylic acids is 1. The SMILES string of the molecule is CC1CCCCC1N(C)C(=O)c1ccc(CN)cc1.Cl. The van der Waals surface area contributed by atoms with Crippen LogP contribution in [0, 0.1) is 5.92 Å². The fraction of sp³-hybridized carbons (Fsp3) is 0.562. The lowest BCUT2D eigenvalue weighted by molar-refractivity contribution is 0.0629. The molecule has 2 unspecified atom stereocenters. The van der Waals surface area contributed by atoms with E-state index in [9.17, 15) is 4.79 Å². The first-order chi connectivity index (χ1) is 9.13. The molecular weight excluding hydrogens is 272 g/mol. The largest absolute Gasteiger partial charge is 0.338 e. The average molecular weight is 297 g/mol. The molecule has 112 valence electrons. The van der Waals surface area contributed by atoms with Crippen molar-refractivity contribution in [2.24, 2.45) is 11.7 Å². The molecule has 0 spiro atoms. The molecule has 2 rings (SSSR count). The molecule has 1 aromatic rings. The van der Waals surface area contributed by atoms with Crippen molar-refractivity contribution in [3.63, 3.8) is 0 Å². The average Bonchev–Trinajstić information content (AvgIpc) is 2.46. The first kappa shape index (κ1) is 17.0. The third kappa shape index (κ3) is 3.74. The highest BCUT2D eigenvalue weighted by atomic mass is 35.5. The molecule has 0 bridgehead atoms. The molecule has 1 saturated carbocycles. The molecule has 20 heavy (non-hydrogen) atoms. The summed E-state index contributed by atoms with van der Waals surface area (Å²) in [5.41, 5.74) is 7.40. The van der Waals surface area contributed by atoms with Gasteiger partial charge in [-0.15, -0.1) is 12.4 Å². The molecule has 2 atom stereocenters. The lowest BCUT2D eigenvalue weighted by atomic mass is 9.85. The van der Waals surface area contributed by atoms with Gasteiger partial charge in [0.1, 0.15) is 0 Å². The number of benzene rings is 1. The van der Waals surface area contributed by atoms with Gasteiger partial charge in [-0.05, 0) is 36.5 Å². The van der Waals surface area contributed by atoms with Crippen molar-refractivity contribution in [2.75, 3.05) is 7.05 Å². The van der Waals surface area contributed by atoms with E-state index in [-0.39, 0.29) is 18.3 Å². The summed E-state index contributed by atoms with van der Waals surface area (Å²) in [6.07, 6.45) is 4.89. The molecule has 1 aliphatic rings. The summed E-state index contributed by atoms with van der Waals surface area (Å²) in [5.74, 6) is 0.730. The van der Waals surface area contributed by atoms with E-state index in [1.54, 1.807) is 0 Å². The lowest BCUT2D eigenvalue weighted by Gasteiger charge is -2.36. The number of amides is 1. The summed E-state index contributed by atoms with van der Waals surface area (Å²) in [7, 11) is 1.94. The second kappa shape index (κ2) is 7.65. The number of rotatable bonds is 3. The molecule has 1 fully saturated rings. The number of nitrogens with two attached hydrogens (primary N) is 1. The molecule has 1 amide bonds. The van der Waals surface area contributed by atoms with Crippen LogP contribution in [-0.4, -0.2) is 23.9 Å². The molecule has 0 saturated heterocycles. The van der Waals surface area contributed by atoms with Crippen LogP contribution < -0.4 is 5.73 Å². The minimum absolute atomic E-state index is 0. The Morgan fingerprint density at radius 2 is 1.85 bits per heavy atom. The van der Waals surface area contributed by atoms with E-state index >= 15 is 0 Å². The van der Waals surface area contributed by atoms with Crippen molar-refractivity contribution >= 4 is 18.3 Å². The summed E-state index contributed by atoms with van der Waals surface area (Å²) in [6, 6.07) is 8.02. The standard InChI is InChI=1S/C16H24N2O.ClH/c1-12-5-3-4-6-15(12)18(2)16(19)14-9-7-13(11-17)8-10-14;/h7-10,12,15H,3-6,11,17H2,1-2H3;1H. The van der Waals surface area contributed by atoms with Crippen LogP contribution in [-0.2, 0) is 6.54 Å². The van der Waals surface area contributed by atoms with Gasteiger partial charge in [0.05, 0.1) is 0 Å². The molecular formula is C16H25ClN2O. The number of nitrogens with zero attached hydrogens (tertiary/aromatic N) is 1. The van der Waals surface area contributed by atoms with E-state index in [0.717, 1.165) is 17.5 Å². The molecule has 0 heterocycles. The highest BCUT2D eigenvalue weighted by Gasteiger charge is 2.28. The number of carbonyl (C=O) groups is 1. The van der Waals surface area contributed by atoms with E-state index in [4.69, 9.17) is 5.73 Å². The highest BCUT2D eigenvalue weighted by Crippen LogP contribution is 2.28. The van der Waals surface area contributed by atoms with Gasteiger partial charge in [0.15, 0.2) is 0 Å². The van der Waals surface area contributed by atoms with Crippen molar-refractivity contribution in [1.29, 1.82) is 0 Å². The number of halogens is 1. The van der Waals surface area contributed by atoms with Gasteiger partial charge in [-0.25, -0.2) is 0 Å². The van der Waals surface area contributed by atoms with Gasteiger partial charge < -0.3 is 10.6 Å². The quantitative estimate of drug-likeness (QED) is 0.931. The first-order valence-electron chi connectivity index (χ1n) is 7.19. The summed E-state index contributed by atoms with van der Waals surface area (Å²) in [5, 5.41) is 0. The lowest BCUT2D eigenvalue weighted by Crippen LogP contribution is -2.42. The molecule has 0 aromatic heterocycles. The van der Waals surface area contributed by atoms with Gasteiger partial charge in [0.2, 0.25) is 0 Å². The van der Waals surface area contributed by atoms with E-state index in [1.165, 1.54) is 19.3 Å². The Morgan fingerprint density at radius 1 is 1.25 bits per heavy atom. The van der Waals surface area contributed by atoms with E-state index in [0.29, 0.717) is 18.5 Å². The van der Waals surface area contributed by atoms with E-state index < -0.39 is 0 Å². The van der Waals surface area contributed by atoms with Gasteiger partial charge in [-0.2, -0.15) is 0 Å². The van der Waals surface area contributed by atoms with Crippen LogP contribution in [0.1, 0.15) is 48.5 Å². The van der Waals surface area contributed by atoms with Crippen LogP contribution in [0.4, 0.5) is 0 Å². The predicted molar refractivity (Wildman–Crippen MR) is 85.1 cm³/mol. The fourth-order valence-electron chi connectivity index (χ4n) is 3.01. The van der Waals surface area contributed by atoms with Gasteiger partial charge >= 0.3 is 0 Å². The molecule has 2 N–H and O–H groups in total. The maximum absolute atomic E-state index is 12.5. The Hall–Kier alpha value is -1.06. The second-order valence-corrected chi connectivity index (χ2v) is 5.65. The van der Waals surface area contributed by atoms with Crippen molar-refractivity contribution < 1.29 is 4.79 Å². The summed E-state index contributed by atoms with van der Waals surface area (Å²) in [4.78, 5) is 14.4.